The van der Waals surface area contributed by atoms with E-state index in [-0.39, 0.29) is 5.91 Å². The van der Waals surface area contributed by atoms with Gasteiger partial charge in [0.15, 0.2) is 0 Å². The van der Waals surface area contributed by atoms with Crippen molar-refractivity contribution in [2.45, 2.75) is 37.9 Å². The van der Waals surface area contributed by atoms with Crippen LogP contribution in [-0.4, -0.2) is 36.5 Å². The Labute approximate surface area is 115 Å². The summed E-state index contributed by atoms with van der Waals surface area (Å²) in [5, 5.41) is 2.94. The molecule has 1 saturated carbocycles. The molecule has 1 amide bonds. The molecule has 4 nitrogen and oxygen atoms in total. The molecule has 1 fully saturated rings. The molecule has 4 heteroatoms. The maximum Gasteiger partial charge on any atom is 0.241 e. The van der Waals surface area contributed by atoms with Crippen molar-refractivity contribution in [3.8, 4) is 0 Å². The molecular formula is C15H23N3O. The number of hydrogen-bond acceptors (Lipinski definition) is 3. The van der Waals surface area contributed by atoms with Gasteiger partial charge in [-0.25, -0.2) is 0 Å². The second-order valence-electron chi connectivity index (χ2n) is 5.38. The molecule has 0 spiro atoms. The van der Waals surface area contributed by atoms with Crippen LogP contribution in [0, 0.1) is 0 Å². The molecule has 1 aliphatic rings. The van der Waals surface area contributed by atoms with E-state index in [1.165, 1.54) is 12.8 Å². The van der Waals surface area contributed by atoms with E-state index in [0.29, 0.717) is 18.6 Å². The van der Waals surface area contributed by atoms with Gasteiger partial charge in [-0.1, -0.05) is 30.3 Å². The number of carbonyl (C=O) groups is 1. The molecule has 19 heavy (non-hydrogen) atoms. The van der Waals surface area contributed by atoms with Crippen LogP contribution in [0.15, 0.2) is 30.3 Å². The fourth-order valence-electron chi connectivity index (χ4n) is 2.16. The van der Waals surface area contributed by atoms with E-state index in [1.54, 1.807) is 0 Å². The van der Waals surface area contributed by atoms with Gasteiger partial charge in [-0.05, 0) is 32.4 Å². The Morgan fingerprint density at radius 3 is 2.63 bits per heavy atom. The van der Waals surface area contributed by atoms with Gasteiger partial charge in [-0.3, -0.25) is 9.69 Å². The molecule has 1 aromatic carbocycles. The van der Waals surface area contributed by atoms with Crippen LogP contribution in [-0.2, 0) is 4.79 Å². The minimum atomic E-state index is -0.584. The summed E-state index contributed by atoms with van der Waals surface area (Å²) < 4.78 is 0. The Kier molecular flexibility index (Phi) is 4.56. The lowest BCUT2D eigenvalue weighted by molar-refractivity contribution is -0.122. The number of hydrogen-bond donors (Lipinski definition) is 2. The van der Waals surface area contributed by atoms with Gasteiger partial charge in [-0.15, -0.1) is 0 Å². The van der Waals surface area contributed by atoms with E-state index in [4.69, 9.17) is 5.73 Å². The van der Waals surface area contributed by atoms with E-state index < -0.39 is 6.04 Å². The van der Waals surface area contributed by atoms with E-state index in [2.05, 4.69) is 24.2 Å². The van der Waals surface area contributed by atoms with E-state index in [0.717, 1.165) is 5.56 Å². The van der Waals surface area contributed by atoms with Gasteiger partial charge in [0.2, 0.25) is 5.91 Å². The summed E-state index contributed by atoms with van der Waals surface area (Å²) in [5.74, 6) is -0.109. The molecule has 2 rings (SSSR count). The zero-order valence-electron chi connectivity index (χ0n) is 11.7. The van der Waals surface area contributed by atoms with Crippen LogP contribution in [0.4, 0.5) is 0 Å². The third kappa shape index (κ3) is 3.78. The predicted molar refractivity (Wildman–Crippen MR) is 76.6 cm³/mol. The molecule has 0 bridgehead atoms. The summed E-state index contributed by atoms with van der Waals surface area (Å²) in [7, 11) is 2.12. The first kappa shape index (κ1) is 14.0. The molecule has 0 radical (unpaired) electrons. The lowest BCUT2D eigenvalue weighted by Crippen LogP contribution is -2.43. The topological polar surface area (TPSA) is 58.4 Å². The van der Waals surface area contributed by atoms with Gasteiger partial charge in [-0.2, -0.15) is 0 Å². The third-order valence-corrected chi connectivity index (χ3v) is 3.83. The summed E-state index contributed by atoms with van der Waals surface area (Å²) in [4.78, 5) is 14.3. The largest absolute Gasteiger partial charge is 0.353 e. The number of amides is 1. The highest BCUT2D eigenvalue weighted by Crippen LogP contribution is 2.26. The number of nitrogens with one attached hydrogen (secondary N) is 1. The molecule has 104 valence electrons. The van der Waals surface area contributed by atoms with Gasteiger partial charge >= 0.3 is 0 Å². The zero-order chi connectivity index (χ0) is 13.8. The zero-order valence-corrected chi connectivity index (χ0v) is 11.7. The molecule has 0 aromatic heterocycles. The second kappa shape index (κ2) is 6.17. The maximum absolute atomic E-state index is 12.0. The average molecular weight is 261 g/mol. The summed E-state index contributed by atoms with van der Waals surface area (Å²) >= 11 is 0. The van der Waals surface area contributed by atoms with Gasteiger partial charge in [0.1, 0.15) is 6.04 Å². The van der Waals surface area contributed by atoms with Crippen LogP contribution < -0.4 is 11.1 Å². The number of nitrogens with zero attached hydrogens (tertiary/aromatic N) is 1. The fourth-order valence-corrected chi connectivity index (χ4v) is 2.16. The van der Waals surface area contributed by atoms with Crippen molar-refractivity contribution < 1.29 is 4.79 Å². The van der Waals surface area contributed by atoms with Gasteiger partial charge in [0.25, 0.3) is 0 Å². The summed E-state index contributed by atoms with van der Waals surface area (Å²) in [5.41, 5.74) is 6.80. The summed E-state index contributed by atoms with van der Waals surface area (Å²) in [6, 6.07) is 9.93. The van der Waals surface area contributed by atoms with E-state index in [9.17, 15) is 4.79 Å². The summed E-state index contributed by atoms with van der Waals surface area (Å²) in [6.07, 6.45) is 2.55. The quantitative estimate of drug-likeness (QED) is 0.811. The molecule has 1 unspecified atom stereocenters. The van der Waals surface area contributed by atoms with Crippen LogP contribution in [0.2, 0.25) is 0 Å². The SMILES string of the molecule is CC(CNC(=O)[C@H](N)c1ccccc1)N(C)C1CC1. The maximum atomic E-state index is 12.0. The number of likely N-dealkylation sites (N-methyl/N-ethyl adjacent to an activating group) is 1. The number of nitrogens with two attached hydrogens (primary N) is 1. The Balaban J connectivity index is 1.80. The van der Waals surface area contributed by atoms with Crippen LogP contribution in [0.1, 0.15) is 31.4 Å². The minimum Gasteiger partial charge on any atom is -0.353 e. The first-order valence-electron chi connectivity index (χ1n) is 6.89. The van der Waals surface area contributed by atoms with Crippen molar-refractivity contribution in [1.82, 2.24) is 10.2 Å². The Bertz CT molecular complexity index is 417. The van der Waals surface area contributed by atoms with Crippen molar-refractivity contribution in [2.75, 3.05) is 13.6 Å². The third-order valence-electron chi connectivity index (χ3n) is 3.83. The van der Waals surface area contributed by atoms with E-state index in [1.807, 2.05) is 30.3 Å². The van der Waals surface area contributed by atoms with Gasteiger partial charge < -0.3 is 11.1 Å². The molecule has 3 N–H and O–H groups in total. The Morgan fingerprint density at radius 1 is 1.42 bits per heavy atom. The smallest absolute Gasteiger partial charge is 0.241 e. The number of carbonyl (C=O) groups excluding carboxylic acids is 1. The van der Waals surface area contributed by atoms with Crippen LogP contribution >= 0.6 is 0 Å². The lowest BCUT2D eigenvalue weighted by Gasteiger charge is -2.25. The first-order chi connectivity index (χ1) is 9.09. The molecular weight excluding hydrogens is 238 g/mol. The fraction of sp³-hybridized carbons (Fsp3) is 0.533. The van der Waals surface area contributed by atoms with Crippen LogP contribution in [0.3, 0.4) is 0 Å². The Hall–Kier alpha value is -1.39. The van der Waals surface area contributed by atoms with Crippen LogP contribution in [0.5, 0.6) is 0 Å². The van der Waals surface area contributed by atoms with Crippen LogP contribution in [0.25, 0.3) is 0 Å². The summed E-state index contributed by atoms with van der Waals surface area (Å²) in [6.45, 7) is 2.78. The number of benzene rings is 1. The lowest BCUT2D eigenvalue weighted by atomic mass is 10.1. The average Bonchev–Trinajstić information content (AvgIpc) is 3.28. The first-order valence-corrected chi connectivity index (χ1v) is 6.89. The van der Waals surface area contributed by atoms with Crippen molar-refractivity contribution >= 4 is 5.91 Å². The highest BCUT2D eigenvalue weighted by atomic mass is 16.2. The monoisotopic (exact) mass is 261 g/mol. The highest BCUT2D eigenvalue weighted by molar-refractivity contribution is 5.82. The molecule has 0 aliphatic heterocycles. The van der Waals surface area contributed by atoms with E-state index >= 15 is 0 Å². The van der Waals surface area contributed by atoms with Crippen molar-refractivity contribution in [1.29, 1.82) is 0 Å². The predicted octanol–water partition coefficient (Wildman–Crippen LogP) is 1.29. The van der Waals surface area contributed by atoms with Crippen molar-refractivity contribution in [3.05, 3.63) is 35.9 Å². The van der Waals surface area contributed by atoms with Gasteiger partial charge in [0, 0.05) is 18.6 Å². The molecule has 2 atom stereocenters. The minimum absolute atomic E-state index is 0.109. The molecule has 1 aromatic rings. The van der Waals surface area contributed by atoms with Gasteiger partial charge in [0.05, 0.1) is 0 Å². The molecule has 1 aliphatic carbocycles. The second-order valence-corrected chi connectivity index (χ2v) is 5.38. The molecule has 0 heterocycles. The number of rotatable bonds is 6. The molecule has 0 saturated heterocycles. The van der Waals surface area contributed by atoms with Crippen molar-refractivity contribution in [2.24, 2.45) is 5.73 Å². The highest BCUT2D eigenvalue weighted by Gasteiger charge is 2.29. The standard InChI is InChI=1S/C15H23N3O/c1-11(18(2)13-8-9-13)10-17-15(19)14(16)12-6-4-3-5-7-12/h3-7,11,13-14H,8-10,16H2,1-2H3,(H,17,19)/t11?,14-/m1/s1. The normalized spacial score (nSPS) is 18.1. The Morgan fingerprint density at radius 2 is 2.05 bits per heavy atom. The van der Waals surface area contributed by atoms with Crippen molar-refractivity contribution in [3.63, 3.8) is 0 Å².